The molecule has 0 aromatic heterocycles. The molecule has 0 aromatic carbocycles. The first-order valence-corrected chi connectivity index (χ1v) is 5.51. The Labute approximate surface area is 88.6 Å². The van der Waals surface area contributed by atoms with Crippen molar-refractivity contribution in [3.63, 3.8) is 0 Å². The van der Waals surface area contributed by atoms with Crippen LogP contribution in [0.2, 0.25) is 0 Å². The number of piperidine rings is 1. The Bertz CT molecular complexity index is 176. The van der Waals surface area contributed by atoms with Crippen molar-refractivity contribution in [3.8, 4) is 0 Å². The first-order chi connectivity index (χ1) is 6.97. The van der Waals surface area contributed by atoms with E-state index in [1.807, 2.05) is 6.92 Å². The average molecular weight is 224 g/mol. The van der Waals surface area contributed by atoms with E-state index in [0.29, 0.717) is 6.04 Å². The topological polar surface area (TPSA) is 24.1 Å². The van der Waals surface area contributed by atoms with E-state index < -0.39 is 12.7 Å². The molecule has 1 heterocycles. The molecule has 1 saturated heterocycles. The second-order valence-corrected chi connectivity index (χ2v) is 4.28. The monoisotopic (exact) mass is 224 g/mol. The van der Waals surface area contributed by atoms with Gasteiger partial charge in [0.1, 0.15) is 0 Å². The molecule has 90 valence electrons. The predicted octanol–water partition coefficient (Wildman–Crippen LogP) is 2.06. The van der Waals surface area contributed by atoms with Gasteiger partial charge in [-0.3, -0.25) is 0 Å². The van der Waals surface area contributed by atoms with E-state index in [4.69, 9.17) is 0 Å². The number of alkyl halides is 3. The van der Waals surface area contributed by atoms with Crippen molar-refractivity contribution in [1.29, 1.82) is 0 Å². The van der Waals surface area contributed by atoms with Gasteiger partial charge in [0.2, 0.25) is 0 Å². The first-order valence-electron chi connectivity index (χ1n) is 5.51. The zero-order valence-corrected chi connectivity index (χ0v) is 9.03. The quantitative estimate of drug-likeness (QED) is 0.763. The van der Waals surface area contributed by atoms with Gasteiger partial charge in [0.15, 0.2) is 0 Å². The zero-order valence-electron chi connectivity index (χ0n) is 9.03. The van der Waals surface area contributed by atoms with Crippen LogP contribution in [0.15, 0.2) is 0 Å². The molecular formula is C10H19F3N2. The van der Waals surface area contributed by atoms with Crippen molar-refractivity contribution in [2.45, 2.75) is 50.9 Å². The van der Waals surface area contributed by atoms with Crippen LogP contribution in [0, 0.1) is 0 Å². The molecule has 15 heavy (non-hydrogen) atoms. The van der Waals surface area contributed by atoms with Crippen LogP contribution in [0.5, 0.6) is 0 Å². The summed E-state index contributed by atoms with van der Waals surface area (Å²) in [6, 6.07) is 0.303. The highest BCUT2D eigenvalue weighted by atomic mass is 19.4. The lowest BCUT2D eigenvalue weighted by Gasteiger charge is -2.26. The summed E-state index contributed by atoms with van der Waals surface area (Å²) in [7, 11) is 0. The van der Waals surface area contributed by atoms with Crippen LogP contribution in [0.25, 0.3) is 0 Å². The van der Waals surface area contributed by atoms with Gasteiger partial charge in [-0.25, -0.2) is 0 Å². The highest BCUT2D eigenvalue weighted by Crippen LogP contribution is 2.15. The van der Waals surface area contributed by atoms with E-state index in [2.05, 4.69) is 10.6 Å². The molecule has 1 aliphatic heterocycles. The standard InChI is InChI=1S/C10H19F3N2/c1-8(15-7-10(11,12)13)6-9-4-2-3-5-14-9/h8-9,14-15H,2-7H2,1H3. The summed E-state index contributed by atoms with van der Waals surface area (Å²) >= 11 is 0. The molecule has 0 radical (unpaired) electrons. The number of nitrogens with one attached hydrogen (secondary N) is 2. The van der Waals surface area contributed by atoms with Crippen LogP contribution in [-0.4, -0.2) is 31.3 Å². The number of rotatable bonds is 4. The lowest BCUT2D eigenvalue weighted by Crippen LogP contribution is -2.42. The summed E-state index contributed by atoms with van der Waals surface area (Å²) in [6.45, 7) is 1.92. The lowest BCUT2D eigenvalue weighted by molar-refractivity contribution is -0.126. The molecular weight excluding hydrogens is 205 g/mol. The molecule has 0 amide bonds. The van der Waals surface area contributed by atoms with Crippen molar-refractivity contribution >= 4 is 0 Å². The molecule has 1 aliphatic rings. The van der Waals surface area contributed by atoms with Crippen LogP contribution in [0.4, 0.5) is 13.2 Å². The van der Waals surface area contributed by atoms with Crippen LogP contribution in [-0.2, 0) is 0 Å². The molecule has 2 atom stereocenters. The number of hydrogen-bond donors (Lipinski definition) is 2. The molecule has 0 bridgehead atoms. The van der Waals surface area contributed by atoms with Crippen LogP contribution < -0.4 is 10.6 Å². The molecule has 0 aliphatic carbocycles. The molecule has 2 N–H and O–H groups in total. The van der Waals surface area contributed by atoms with Gasteiger partial charge in [-0.2, -0.15) is 13.2 Å². The third kappa shape index (κ3) is 5.99. The van der Waals surface area contributed by atoms with Crippen molar-refractivity contribution in [3.05, 3.63) is 0 Å². The molecule has 2 unspecified atom stereocenters. The Kier molecular flexibility index (Phi) is 4.86. The second kappa shape index (κ2) is 5.70. The lowest BCUT2D eigenvalue weighted by atomic mass is 9.99. The fraction of sp³-hybridized carbons (Fsp3) is 1.00. The van der Waals surface area contributed by atoms with E-state index in [-0.39, 0.29) is 6.04 Å². The van der Waals surface area contributed by atoms with Gasteiger partial charge in [-0.1, -0.05) is 6.42 Å². The fourth-order valence-corrected chi connectivity index (χ4v) is 1.93. The van der Waals surface area contributed by atoms with Gasteiger partial charge < -0.3 is 10.6 Å². The first kappa shape index (κ1) is 12.8. The minimum atomic E-state index is -4.10. The van der Waals surface area contributed by atoms with Gasteiger partial charge in [0.25, 0.3) is 0 Å². The zero-order chi connectivity index (χ0) is 11.3. The predicted molar refractivity (Wildman–Crippen MR) is 53.8 cm³/mol. The largest absolute Gasteiger partial charge is 0.401 e. The van der Waals surface area contributed by atoms with Crippen LogP contribution >= 0.6 is 0 Å². The van der Waals surface area contributed by atoms with E-state index in [1.165, 1.54) is 12.8 Å². The maximum Gasteiger partial charge on any atom is 0.401 e. The second-order valence-electron chi connectivity index (χ2n) is 4.28. The summed E-state index contributed by atoms with van der Waals surface area (Å²) < 4.78 is 35.7. The Balaban J connectivity index is 2.14. The normalized spacial score (nSPS) is 25.2. The Morgan fingerprint density at radius 1 is 1.40 bits per heavy atom. The molecule has 0 aromatic rings. The fourth-order valence-electron chi connectivity index (χ4n) is 1.93. The van der Waals surface area contributed by atoms with Gasteiger partial charge in [-0.15, -0.1) is 0 Å². The molecule has 0 saturated carbocycles. The smallest absolute Gasteiger partial charge is 0.314 e. The maximum atomic E-state index is 11.9. The molecule has 0 spiro atoms. The summed E-state index contributed by atoms with van der Waals surface area (Å²) in [6.07, 6.45) is 0.118. The third-order valence-electron chi connectivity index (χ3n) is 2.70. The van der Waals surface area contributed by atoms with Crippen molar-refractivity contribution in [1.82, 2.24) is 10.6 Å². The number of halogens is 3. The molecule has 5 heteroatoms. The minimum Gasteiger partial charge on any atom is -0.314 e. The SMILES string of the molecule is CC(CC1CCCCN1)NCC(F)(F)F. The summed E-state index contributed by atoms with van der Waals surface area (Å²) in [5, 5.41) is 5.83. The van der Waals surface area contributed by atoms with E-state index in [0.717, 1.165) is 19.4 Å². The maximum absolute atomic E-state index is 11.9. The summed E-state index contributed by atoms with van der Waals surface area (Å²) in [5.41, 5.74) is 0. The van der Waals surface area contributed by atoms with Crippen LogP contribution in [0.1, 0.15) is 32.6 Å². The van der Waals surface area contributed by atoms with Crippen molar-refractivity contribution < 1.29 is 13.2 Å². The average Bonchev–Trinajstić information content (AvgIpc) is 2.15. The Hall–Kier alpha value is -0.290. The summed E-state index contributed by atoms with van der Waals surface area (Å²) in [4.78, 5) is 0. The Morgan fingerprint density at radius 2 is 2.13 bits per heavy atom. The summed E-state index contributed by atoms with van der Waals surface area (Å²) in [5.74, 6) is 0. The minimum absolute atomic E-state index is 0.0813. The molecule has 1 rings (SSSR count). The van der Waals surface area contributed by atoms with Crippen LogP contribution in [0.3, 0.4) is 0 Å². The van der Waals surface area contributed by atoms with Gasteiger partial charge in [0.05, 0.1) is 6.54 Å². The van der Waals surface area contributed by atoms with E-state index >= 15 is 0 Å². The van der Waals surface area contributed by atoms with E-state index in [1.54, 1.807) is 0 Å². The van der Waals surface area contributed by atoms with Crippen molar-refractivity contribution in [2.75, 3.05) is 13.1 Å². The number of hydrogen-bond acceptors (Lipinski definition) is 2. The van der Waals surface area contributed by atoms with E-state index in [9.17, 15) is 13.2 Å². The van der Waals surface area contributed by atoms with Gasteiger partial charge in [-0.05, 0) is 32.7 Å². The highest BCUT2D eigenvalue weighted by molar-refractivity contribution is 4.77. The Morgan fingerprint density at radius 3 is 2.67 bits per heavy atom. The highest BCUT2D eigenvalue weighted by Gasteiger charge is 2.27. The van der Waals surface area contributed by atoms with Crippen molar-refractivity contribution in [2.24, 2.45) is 0 Å². The molecule has 1 fully saturated rings. The van der Waals surface area contributed by atoms with Gasteiger partial charge >= 0.3 is 6.18 Å². The molecule has 2 nitrogen and oxygen atoms in total. The van der Waals surface area contributed by atoms with Gasteiger partial charge in [0, 0.05) is 12.1 Å². The third-order valence-corrected chi connectivity index (χ3v) is 2.70.